The fraction of sp³-hybridized carbons (Fsp3) is 0.227. The molecule has 0 unspecified atom stereocenters. The number of hydrogen-bond donors (Lipinski definition) is 0. The average Bonchev–Trinajstić information content (AvgIpc) is 2.66. The monoisotopic (exact) mass is 402 g/mol. The molecule has 1 aliphatic rings. The molecule has 0 aliphatic carbocycles. The van der Waals surface area contributed by atoms with Crippen LogP contribution in [0.25, 0.3) is 11.3 Å². The minimum Gasteiger partial charge on any atom is -0.341 e. The standard InChI is InChI=1S/C22H18ClF3N2/c1-14-5-2-7-16(11-14)28-10-4-6-15-12-18(23)17(13-20(15)28)19-8-3-9-21(27-19)22(24,25)26/h2-3,5,7-9,11-13H,4,6,10H2,1H3. The molecule has 2 heterocycles. The van der Waals surface area contributed by atoms with Gasteiger partial charge in [-0.05, 0) is 67.3 Å². The Morgan fingerprint density at radius 3 is 2.57 bits per heavy atom. The summed E-state index contributed by atoms with van der Waals surface area (Å²) in [4.78, 5) is 6.00. The molecule has 0 bridgehead atoms. The lowest BCUT2D eigenvalue weighted by Crippen LogP contribution is -2.24. The van der Waals surface area contributed by atoms with E-state index in [0.29, 0.717) is 10.6 Å². The van der Waals surface area contributed by atoms with Crippen molar-refractivity contribution in [1.82, 2.24) is 4.98 Å². The van der Waals surface area contributed by atoms with Gasteiger partial charge in [0.15, 0.2) is 0 Å². The number of nitrogens with zero attached hydrogens (tertiary/aromatic N) is 2. The summed E-state index contributed by atoms with van der Waals surface area (Å²) >= 11 is 6.44. The molecule has 2 nitrogen and oxygen atoms in total. The summed E-state index contributed by atoms with van der Waals surface area (Å²) in [5.74, 6) is 0. The molecule has 0 amide bonds. The molecule has 1 aromatic heterocycles. The zero-order chi connectivity index (χ0) is 19.9. The van der Waals surface area contributed by atoms with Crippen LogP contribution in [0.1, 0.15) is 23.2 Å². The smallest absolute Gasteiger partial charge is 0.341 e. The van der Waals surface area contributed by atoms with Crippen LogP contribution in [0, 0.1) is 6.92 Å². The maximum absolute atomic E-state index is 13.1. The van der Waals surface area contributed by atoms with E-state index in [4.69, 9.17) is 11.6 Å². The Bertz CT molecular complexity index is 1030. The quantitative estimate of drug-likeness (QED) is 0.468. The van der Waals surface area contributed by atoms with Crippen molar-refractivity contribution in [2.45, 2.75) is 25.9 Å². The molecule has 4 rings (SSSR count). The summed E-state index contributed by atoms with van der Waals surface area (Å²) in [6.07, 6.45) is -2.63. The van der Waals surface area contributed by atoms with Gasteiger partial charge in [-0.3, -0.25) is 0 Å². The minimum atomic E-state index is -4.50. The number of fused-ring (bicyclic) bond motifs is 1. The molecule has 6 heteroatoms. The second kappa shape index (κ2) is 7.13. The van der Waals surface area contributed by atoms with E-state index in [-0.39, 0.29) is 5.69 Å². The summed E-state index contributed by atoms with van der Waals surface area (Å²) in [6.45, 7) is 2.88. The number of rotatable bonds is 2. The lowest BCUT2D eigenvalue weighted by molar-refractivity contribution is -0.141. The Balaban J connectivity index is 1.83. The fourth-order valence-electron chi connectivity index (χ4n) is 3.61. The zero-order valence-electron chi connectivity index (χ0n) is 15.2. The lowest BCUT2D eigenvalue weighted by atomic mass is 9.97. The van der Waals surface area contributed by atoms with E-state index < -0.39 is 11.9 Å². The summed E-state index contributed by atoms with van der Waals surface area (Å²) in [7, 11) is 0. The van der Waals surface area contributed by atoms with Crippen LogP contribution >= 0.6 is 11.6 Å². The van der Waals surface area contributed by atoms with Crippen LogP contribution in [-0.4, -0.2) is 11.5 Å². The zero-order valence-corrected chi connectivity index (χ0v) is 16.0. The topological polar surface area (TPSA) is 16.1 Å². The van der Waals surface area contributed by atoms with Crippen LogP contribution < -0.4 is 4.90 Å². The van der Waals surface area contributed by atoms with E-state index in [9.17, 15) is 13.2 Å². The first-order valence-corrected chi connectivity index (χ1v) is 9.42. The highest BCUT2D eigenvalue weighted by Crippen LogP contribution is 2.40. The van der Waals surface area contributed by atoms with E-state index in [1.54, 1.807) is 6.07 Å². The van der Waals surface area contributed by atoms with Crippen LogP contribution in [0.4, 0.5) is 24.5 Å². The first-order valence-electron chi connectivity index (χ1n) is 9.04. The number of anilines is 2. The second-order valence-electron chi connectivity index (χ2n) is 6.96. The Morgan fingerprint density at radius 2 is 1.82 bits per heavy atom. The molecule has 0 radical (unpaired) electrons. The number of hydrogen-bond acceptors (Lipinski definition) is 2. The molecular weight excluding hydrogens is 385 g/mol. The maximum Gasteiger partial charge on any atom is 0.433 e. The minimum absolute atomic E-state index is 0.220. The van der Waals surface area contributed by atoms with Gasteiger partial charge < -0.3 is 4.90 Å². The van der Waals surface area contributed by atoms with Crippen molar-refractivity contribution in [2.24, 2.45) is 0 Å². The Kier molecular flexibility index (Phi) is 4.79. The average molecular weight is 403 g/mol. The molecule has 0 spiro atoms. The van der Waals surface area contributed by atoms with Crippen molar-refractivity contribution in [3.05, 3.63) is 76.4 Å². The van der Waals surface area contributed by atoms with Crippen molar-refractivity contribution < 1.29 is 13.2 Å². The Hall–Kier alpha value is -2.53. The first-order chi connectivity index (χ1) is 13.3. The number of pyridine rings is 1. The number of aryl methyl sites for hydroxylation is 2. The van der Waals surface area contributed by atoms with Crippen LogP contribution in [0.3, 0.4) is 0 Å². The van der Waals surface area contributed by atoms with E-state index in [2.05, 4.69) is 16.0 Å². The Morgan fingerprint density at radius 1 is 1.04 bits per heavy atom. The van der Waals surface area contributed by atoms with Crippen LogP contribution in [0.15, 0.2) is 54.6 Å². The molecule has 0 saturated carbocycles. The second-order valence-corrected chi connectivity index (χ2v) is 7.37. The third-order valence-corrected chi connectivity index (χ3v) is 5.23. The van der Waals surface area contributed by atoms with E-state index in [1.807, 2.05) is 37.3 Å². The van der Waals surface area contributed by atoms with Gasteiger partial charge in [-0.15, -0.1) is 0 Å². The van der Waals surface area contributed by atoms with Gasteiger partial charge in [0.1, 0.15) is 5.69 Å². The summed E-state index contributed by atoms with van der Waals surface area (Å²) < 4.78 is 39.2. The SMILES string of the molecule is Cc1cccc(N2CCCc3cc(Cl)c(-c4cccc(C(F)(F)F)n4)cc32)c1. The molecule has 0 atom stereocenters. The van der Waals surface area contributed by atoms with Gasteiger partial charge in [0.25, 0.3) is 0 Å². The van der Waals surface area contributed by atoms with Gasteiger partial charge in [0.05, 0.1) is 10.7 Å². The number of halogens is 4. The fourth-order valence-corrected chi connectivity index (χ4v) is 3.89. The number of aromatic nitrogens is 1. The van der Waals surface area contributed by atoms with Gasteiger partial charge in [0.2, 0.25) is 0 Å². The molecule has 144 valence electrons. The third-order valence-electron chi connectivity index (χ3n) is 4.92. The predicted molar refractivity (Wildman–Crippen MR) is 106 cm³/mol. The van der Waals surface area contributed by atoms with Crippen molar-refractivity contribution in [3.8, 4) is 11.3 Å². The van der Waals surface area contributed by atoms with Crippen LogP contribution in [0.2, 0.25) is 5.02 Å². The lowest BCUT2D eigenvalue weighted by Gasteiger charge is -2.32. The highest BCUT2D eigenvalue weighted by atomic mass is 35.5. The highest BCUT2D eigenvalue weighted by Gasteiger charge is 2.32. The van der Waals surface area contributed by atoms with Gasteiger partial charge in [-0.25, -0.2) is 4.98 Å². The number of alkyl halides is 3. The molecule has 2 aromatic carbocycles. The third kappa shape index (κ3) is 3.59. The van der Waals surface area contributed by atoms with E-state index in [0.717, 1.165) is 48.0 Å². The van der Waals surface area contributed by atoms with Crippen molar-refractivity contribution in [1.29, 1.82) is 0 Å². The molecule has 1 aliphatic heterocycles. The molecule has 28 heavy (non-hydrogen) atoms. The molecular formula is C22H18ClF3N2. The van der Waals surface area contributed by atoms with E-state index in [1.165, 1.54) is 6.07 Å². The van der Waals surface area contributed by atoms with Gasteiger partial charge >= 0.3 is 6.18 Å². The molecule has 0 saturated heterocycles. The van der Waals surface area contributed by atoms with E-state index >= 15 is 0 Å². The van der Waals surface area contributed by atoms with Crippen LogP contribution in [0.5, 0.6) is 0 Å². The van der Waals surface area contributed by atoms with Gasteiger partial charge in [0, 0.05) is 23.5 Å². The predicted octanol–water partition coefficient (Wildman–Crippen LogP) is 6.81. The largest absolute Gasteiger partial charge is 0.433 e. The van der Waals surface area contributed by atoms with Crippen molar-refractivity contribution >= 4 is 23.0 Å². The van der Waals surface area contributed by atoms with Crippen molar-refractivity contribution in [3.63, 3.8) is 0 Å². The molecule has 0 fully saturated rings. The van der Waals surface area contributed by atoms with Gasteiger partial charge in [-0.1, -0.05) is 29.8 Å². The summed E-state index contributed by atoms with van der Waals surface area (Å²) in [5.41, 5.74) is 4.08. The molecule has 3 aromatic rings. The maximum atomic E-state index is 13.1. The van der Waals surface area contributed by atoms with Crippen LogP contribution in [-0.2, 0) is 12.6 Å². The molecule has 0 N–H and O–H groups in total. The van der Waals surface area contributed by atoms with Gasteiger partial charge in [-0.2, -0.15) is 13.2 Å². The van der Waals surface area contributed by atoms with Crippen molar-refractivity contribution in [2.75, 3.05) is 11.4 Å². The summed E-state index contributed by atoms with van der Waals surface area (Å²) in [5, 5.41) is 0.414. The number of benzene rings is 2. The summed E-state index contributed by atoms with van der Waals surface area (Å²) in [6, 6.07) is 15.8. The normalized spacial score (nSPS) is 14.1. The first kappa shape index (κ1) is 18.8. The highest BCUT2D eigenvalue weighted by molar-refractivity contribution is 6.33. The Labute approximate surface area is 166 Å².